The highest BCUT2D eigenvalue weighted by Gasteiger charge is 2.47. The van der Waals surface area contributed by atoms with E-state index in [1.54, 1.807) is 31.2 Å². The van der Waals surface area contributed by atoms with Gasteiger partial charge in [0.1, 0.15) is 18.0 Å². The van der Waals surface area contributed by atoms with Crippen molar-refractivity contribution in [1.29, 1.82) is 5.41 Å². The molecule has 186 valence electrons. The van der Waals surface area contributed by atoms with Crippen LogP contribution in [0, 0.1) is 23.2 Å². The molecule has 1 aliphatic carbocycles. The van der Waals surface area contributed by atoms with Crippen LogP contribution in [0.25, 0.3) is 0 Å². The van der Waals surface area contributed by atoms with Gasteiger partial charge in [-0.25, -0.2) is 9.97 Å². The predicted molar refractivity (Wildman–Crippen MR) is 142 cm³/mol. The lowest BCUT2D eigenvalue weighted by Gasteiger charge is -2.33. The molecule has 3 atom stereocenters. The summed E-state index contributed by atoms with van der Waals surface area (Å²) in [6.45, 7) is 2.38. The Morgan fingerprint density at radius 3 is 2.49 bits per heavy atom. The summed E-state index contributed by atoms with van der Waals surface area (Å²) in [6, 6.07) is 16.0. The molecule has 5 N–H and O–H groups in total. The van der Waals surface area contributed by atoms with Crippen LogP contribution in [-0.2, 0) is 4.79 Å². The number of nitrogens with one attached hydrogen (secondary N) is 3. The SMILES string of the molecule is CC#CC(=O)N1CC2CC(Nc3ncnc(N)c3C(=N)c3ccc(C(=O)Nc4ccccc4)cc3)C1C2. The summed E-state index contributed by atoms with van der Waals surface area (Å²) < 4.78 is 0. The first kappa shape index (κ1) is 24.0. The maximum Gasteiger partial charge on any atom is 0.298 e. The number of fused-ring (bicyclic) bond motifs is 2. The molecule has 3 aromatic rings. The number of likely N-dealkylation sites (tertiary alicyclic amines) is 1. The molecule has 2 bridgehead atoms. The fourth-order valence-corrected chi connectivity index (χ4v) is 5.18. The molecule has 2 aromatic carbocycles. The van der Waals surface area contributed by atoms with E-state index in [9.17, 15) is 9.59 Å². The molecule has 2 amide bonds. The molecule has 2 heterocycles. The summed E-state index contributed by atoms with van der Waals surface area (Å²) in [5, 5.41) is 15.2. The second kappa shape index (κ2) is 10.1. The predicted octanol–water partition coefficient (Wildman–Crippen LogP) is 3.15. The number of hydrogen-bond donors (Lipinski definition) is 4. The molecular formula is C28H27N7O2. The molecule has 2 fully saturated rings. The highest BCUT2D eigenvalue weighted by molar-refractivity contribution is 6.16. The first-order valence-corrected chi connectivity index (χ1v) is 12.1. The van der Waals surface area contributed by atoms with Crippen LogP contribution >= 0.6 is 0 Å². The van der Waals surface area contributed by atoms with Crippen molar-refractivity contribution in [3.63, 3.8) is 0 Å². The summed E-state index contributed by atoms with van der Waals surface area (Å²) in [6.07, 6.45) is 3.18. The van der Waals surface area contributed by atoms with Gasteiger partial charge in [-0.1, -0.05) is 36.3 Å². The number of rotatable bonds is 6. The molecule has 0 spiro atoms. The van der Waals surface area contributed by atoms with Crippen molar-refractivity contribution < 1.29 is 9.59 Å². The van der Waals surface area contributed by atoms with Crippen LogP contribution in [0.4, 0.5) is 17.3 Å². The van der Waals surface area contributed by atoms with E-state index in [0.717, 1.165) is 19.4 Å². The van der Waals surface area contributed by atoms with Gasteiger partial charge in [-0.2, -0.15) is 0 Å². The highest BCUT2D eigenvalue weighted by Crippen LogP contribution is 2.39. The van der Waals surface area contributed by atoms with Gasteiger partial charge in [-0.3, -0.25) is 15.0 Å². The third-order valence-corrected chi connectivity index (χ3v) is 6.89. The number of nitrogens with zero attached hydrogens (tertiary/aromatic N) is 3. The van der Waals surface area contributed by atoms with Gasteiger partial charge in [0.2, 0.25) is 0 Å². The van der Waals surface area contributed by atoms with Crippen molar-refractivity contribution in [2.24, 2.45) is 5.92 Å². The van der Waals surface area contributed by atoms with E-state index in [2.05, 4.69) is 32.4 Å². The van der Waals surface area contributed by atoms with Crippen molar-refractivity contribution in [2.75, 3.05) is 22.9 Å². The van der Waals surface area contributed by atoms with Gasteiger partial charge in [0.15, 0.2) is 0 Å². The Balaban J connectivity index is 1.34. The molecule has 5 rings (SSSR count). The Labute approximate surface area is 215 Å². The molecule has 0 radical (unpaired) electrons. The average molecular weight is 494 g/mol. The molecular weight excluding hydrogens is 466 g/mol. The minimum absolute atomic E-state index is 0.0129. The number of amides is 2. The van der Waals surface area contributed by atoms with Crippen LogP contribution in [0.1, 0.15) is 41.3 Å². The molecule has 2 aliphatic rings. The monoisotopic (exact) mass is 493 g/mol. The van der Waals surface area contributed by atoms with E-state index in [1.165, 1.54) is 6.33 Å². The standard InChI is InChI=1S/C28H27N7O2/c1-2-6-23(36)35-15-17-13-21(22(35)14-17)34-27-24(26(30)31-16-32-27)25(29)18-9-11-19(12-10-18)28(37)33-20-7-4-3-5-8-20/h3-5,7-12,16-17,21-22,29H,13-15H2,1H3,(H,33,37)(H3,30,31,32,34). The molecule has 1 saturated heterocycles. The second-order valence-corrected chi connectivity index (χ2v) is 9.24. The Morgan fingerprint density at radius 1 is 1.05 bits per heavy atom. The van der Waals surface area contributed by atoms with Crippen molar-refractivity contribution in [3.05, 3.63) is 77.6 Å². The van der Waals surface area contributed by atoms with Crippen LogP contribution < -0.4 is 16.4 Å². The largest absolute Gasteiger partial charge is 0.383 e. The van der Waals surface area contributed by atoms with Gasteiger partial charge in [0.05, 0.1) is 17.3 Å². The van der Waals surface area contributed by atoms with Gasteiger partial charge < -0.3 is 21.3 Å². The normalized spacial score (nSPS) is 19.6. The number of para-hydroxylation sites is 1. The van der Waals surface area contributed by atoms with Gasteiger partial charge in [-0.15, -0.1) is 0 Å². The second-order valence-electron chi connectivity index (χ2n) is 9.24. The molecule has 37 heavy (non-hydrogen) atoms. The van der Waals surface area contributed by atoms with E-state index in [0.29, 0.717) is 34.1 Å². The van der Waals surface area contributed by atoms with Gasteiger partial charge in [0, 0.05) is 29.4 Å². The lowest BCUT2D eigenvalue weighted by molar-refractivity contribution is -0.126. The molecule has 1 aromatic heterocycles. The van der Waals surface area contributed by atoms with Crippen molar-refractivity contribution in [1.82, 2.24) is 14.9 Å². The Hall–Kier alpha value is -4.71. The zero-order valence-corrected chi connectivity index (χ0v) is 20.4. The summed E-state index contributed by atoms with van der Waals surface area (Å²) >= 11 is 0. The zero-order chi connectivity index (χ0) is 25.9. The molecule has 1 saturated carbocycles. The lowest BCUT2D eigenvalue weighted by atomic mass is 10.0. The number of anilines is 3. The number of hydrogen-bond acceptors (Lipinski definition) is 7. The fraction of sp³-hybridized carbons (Fsp3) is 0.250. The van der Waals surface area contributed by atoms with E-state index in [-0.39, 0.29) is 35.4 Å². The number of carbonyl (C=O) groups is 2. The van der Waals surface area contributed by atoms with Gasteiger partial charge in [0.25, 0.3) is 11.8 Å². The molecule has 3 unspecified atom stereocenters. The fourth-order valence-electron chi connectivity index (χ4n) is 5.18. The molecule has 9 heteroatoms. The van der Waals surface area contributed by atoms with Crippen LogP contribution in [0.2, 0.25) is 0 Å². The number of nitrogen functional groups attached to an aromatic ring is 1. The van der Waals surface area contributed by atoms with Crippen LogP contribution in [-0.4, -0.2) is 51.0 Å². The topological polar surface area (TPSA) is 137 Å². The Kier molecular flexibility index (Phi) is 6.56. The third kappa shape index (κ3) is 4.86. The third-order valence-electron chi connectivity index (χ3n) is 6.89. The van der Waals surface area contributed by atoms with Gasteiger partial charge in [-0.05, 0) is 55.9 Å². The maximum absolute atomic E-state index is 12.6. The van der Waals surface area contributed by atoms with Crippen molar-refractivity contribution in [3.8, 4) is 11.8 Å². The number of carbonyl (C=O) groups excluding carboxylic acids is 2. The quantitative estimate of drug-likeness (QED) is 0.308. The average Bonchev–Trinajstić information content (AvgIpc) is 3.50. The number of benzene rings is 2. The van der Waals surface area contributed by atoms with E-state index in [1.807, 2.05) is 35.2 Å². The highest BCUT2D eigenvalue weighted by atomic mass is 16.2. The van der Waals surface area contributed by atoms with Crippen molar-refractivity contribution >= 4 is 34.8 Å². The van der Waals surface area contributed by atoms with Crippen LogP contribution in [0.5, 0.6) is 0 Å². The molecule has 1 aliphatic heterocycles. The van der Waals surface area contributed by atoms with E-state index >= 15 is 0 Å². The zero-order valence-electron chi connectivity index (χ0n) is 20.4. The summed E-state index contributed by atoms with van der Waals surface area (Å²) in [7, 11) is 0. The summed E-state index contributed by atoms with van der Waals surface area (Å²) in [4.78, 5) is 35.4. The minimum atomic E-state index is -0.239. The first-order chi connectivity index (χ1) is 17.9. The summed E-state index contributed by atoms with van der Waals surface area (Å²) in [5.41, 5.74) is 8.49. The van der Waals surface area contributed by atoms with Crippen LogP contribution in [0.15, 0.2) is 60.9 Å². The van der Waals surface area contributed by atoms with E-state index in [4.69, 9.17) is 11.1 Å². The lowest BCUT2D eigenvalue weighted by Crippen LogP contribution is -2.47. The van der Waals surface area contributed by atoms with Crippen molar-refractivity contribution in [2.45, 2.75) is 31.8 Å². The number of aromatic nitrogens is 2. The van der Waals surface area contributed by atoms with Gasteiger partial charge >= 0.3 is 0 Å². The Bertz CT molecular complexity index is 1410. The number of piperidine rings is 1. The number of nitrogens with two attached hydrogens (primary N) is 1. The Morgan fingerprint density at radius 2 is 1.78 bits per heavy atom. The first-order valence-electron chi connectivity index (χ1n) is 12.1. The summed E-state index contributed by atoms with van der Waals surface area (Å²) in [5.74, 6) is 5.97. The maximum atomic E-state index is 12.6. The van der Waals surface area contributed by atoms with Crippen LogP contribution in [0.3, 0.4) is 0 Å². The minimum Gasteiger partial charge on any atom is -0.383 e. The smallest absolute Gasteiger partial charge is 0.298 e. The molecule has 9 nitrogen and oxygen atoms in total. The van der Waals surface area contributed by atoms with E-state index < -0.39 is 0 Å².